The van der Waals surface area contributed by atoms with E-state index in [-0.39, 0.29) is 12.5 Å². The average Bonchev–Trinajstić information content (AvgIpc) is 3.07. The van der Waals surface area contributed by atoms with Gasteiger partial charge in [0.1, 0.15) is 0 Å². The fourth-order valence-corrected chi connectivity index (χ4v) is 3.91. The molecule has 1 amide bonds. The van der Waals surface area contributed by atoms with Gasteiger partial charge in [-0.3, -0.25) is 9.10 Å². The lowest BCUT2D eigenvalue weighted by atomic mass is 10.1. The molecule has 0 spiro atoms. The predicted molar refractivity (Wildman–Crippen MR) is 107 cm³/mol. The van der Waals surface area contributed by atoms with Crippen molar-refractivity contribution in [1.29, 1.82) is 0 Å². The molecule has 0 atom stereocenters. The zero-order valence-electron chi connectivity index (χ0n) is 16.2. The average molecular weight is 393 g/mol. The number of hydrogen-bond acceptors (Lipinski definition) is 4. The molecule has 0 bridgehead atoms. The quantitative estimate of drug-likeness (QED) is 0.629. The minimum absolute atomic E-state index is 0.0606. The van der Waals surface area contributed by atoms with Crippen LogP contribution in [0.4, 0.5) is 5.69 Å². The predicted octanol–water partition coefficient (Wildman–Crippen LogP) is 2.25. The van der Waals surface area contributed by atoms with Crippen molar-refractivity contribution in [2.45, 2.75) is 39.7 Å². The van der Waals surface area contributed by atoms with Crippen molar-refractivity contribution in [2.75, 3.05) is 23.7 Å². The van der Waals surface area contributed by atoms with Gasteiger partial charge in [-0.15, -0.1) is 0 Å². The molecule has 2 rings (SSSR count). The maximum atomic E-state index is 12.2. The van der Waals surface area contributed by atoms with Gasteiger partial charge in [0.15, 0.2) is 0 Å². The highest BCUT2D eigenvalue weighted by Crippen LogP contribution is 2.21. The van der Waals surface area contributed by atoms with E-state index < -0.39 is 10.0 Å². The standard InChI is InChI=1S/C19H28N4O3S/c1-16-12-17(2)14-18(13-16)23(27(3,25)26)10-4-6-19(24)21-7-5-9-22-11-8-20-15-22/h8,11-15H,4-7,9-10H2,1-3H3,(H,21,24). The molecule has 1 aromatic heterocycles. The number of sulfonamides is 1. The number of nitrogens with one attached hydrogen (secondary N) is 1. The summed E-state index contributed by atoms with van der Waals surface area (Å²) in [7, 11) is -3.40. The van der Waals surface area contributed by atoms with Gasteiger partial charge in [-0.25, -0.2) is 13.4 Å². The van der Waals surface area contributed by atoms with Crippen LogP contribution in [-0.4, -0.2) is 43.2 Å². The van der Waals surface area contributed by atoms with Crippen LogP contribution in [0.5, 0.6) is 0 Å². The van der Waals surface area contributed by atoms with Crippen molar-refractivity contribution in [2.24, 2.45) is 0 Å². The summed E-state index contributed by atoms with van der Waals surface area (Å²) >= 11 is 0. The molecule has 0 fully saturated rings. The highest BCUT2D eigenvalue weighted by Gasteiger charge is 2.18. The molecule has 0 unspecified atom stereocenters. The third-order valence-electron chi connectivity index (χ3n) is 4.13. The fraction of sp³-hybridized carbons (Fsp3) is 0.474. The number of carbonyl (C=O) groups is 1. The van der Waals surface area contributed by atoms with Crippen LogP contribution in [0.1, 0.15) is 30.4 Å². The largest absolute Gasteiger partial charge is 0.356 e. The van der Waals surface area contributed by atoms with Gasteiger partial charge < -0.3 is 9.88 Å². The van der Waals surface area contributed by atoms with Crippen LogP contribution in [0, 0.1) is 13.8 Å². The normalized spacial score (nSPS) is 11.4. The number of aromatic nitrogens is 2. The zero-order chi connectivity index (χ0) is 19.9. The smallest absolute Gasteiger partial charge is 0.232 e. The second-order valence-electron chi connectivity index (χ2n) is 6.79. The Hall–Kier alpha value is -2.35. The highest BCUT2D eigenvalue weighted by molar-refractivity contribution is 7.92. The van der Waals surface area contributed by atoms with Gasteiger partial charge in [0, 0.05) is 38.4 Å². The van der Waals surface area contributed by atoms with Crippen LogP contribution in [0.2, 0.25) is 0 Å². The van der Waals surface area contributed by atoms with E-state index in [1.165, 1.54) is 10.6 Å². The van der Waals surface area contributed by atoms with Crippen molar-refractivity contribution in [3.05, 3.63) is 48.0 Å². The van der Waals surface area contributed by atoms with Crippen molar-refractivity contribution in [1.82, 2.24) is 14.9 Å². The molecule has 0 radical (unpaired) electrons. The van der Waals surface area contributed by atoms with E-state index >= 15 is 0 Å². The number of carbonyl (C=O) groups excluding carboxylic acids is 1. The van der Waals surface area contributed by atoms with E-state index in [1.54, 1.807) is 12.5 Å². The minimum atomic E-state index is -3.40. The van der Waals surface area contributed by atoms with E-state index in [2.05, 4.69) is 10.3 Å². The van der Waals surface area contributed by atoms with Gasteiger partial charge in [-0.05, 0) is 49.9 Å². The van der Waals surface area contributed by atoms with Gasteiger partial charge in [0.2, 0.25) is 15.9 Å². The molecule has 27 heavy (non-hydrogen) atoms. The van der Waals surface area contributed by atoms with Gasteiger partial charge in [-0.1, -0.05) is 6.07 Å². The number of anilines is 1. The van der Waals surface area contributed by atoms with Gasteiger partial charge in [0.05, 0.1) is 18.3 Å². The maximum absolute atomic E-state index is 12.2. The van der Waals surface area contributed by atoms with Crippen LogP contribution in [0.15, 0.2) is 36.9 Å². The monoisotopic (exact) mass is 392 g/mol. The first-order chi connectivity index (χ1) is 12.8. The Balaban J connectivity index is 1.80. The molecule has 0 saturated carbocycles. The van der Waals surface area contributed by atoms with Crippen LogP contribution in [-0.2, 0) is 21.4 Å². The Kier molecular flexibility index (Phi) is 7.41. The molecule has 0 aliphatic rings. The van der Waals surface area contributed by atoms with Crippen LogP contribution >= 0.6 is 0 Å². The Morgan fingerprint density at radius 2 is 1.89 bits per heavy atom. The van der Waals surface area contributed by atoms with Crippen LogP contribution in [0.25, 0.3) is 0 Å². The number of rotatable bonds is 10. The lowest BCUT2D eigenvalue weighted by Gasteiger charge is -2.23. The van der Waals surface area contributed by atoms with E-state index in [1.807, 2.05) is 42.8 Å². The number of amides is 1. The van der Waals surface area contributed by atoms with Crippen molar-refractivity contribution >= 4 is 21.6 Å². The van der Waals surface area contributed by atoms with Crippen molar-refractivity contribution < 1.29 is 13.2 Å². The molecule has 0 saturated heterocycles. The summed E-state index contributed by atoms with van der Waals surface area (Å²) in [4.78, 5) is 16.0. The molecule has 1 heterocycles. The number of hydrogen-bond donors (Lipinski definition) is 1. The zero-order valence-corrected chi connectivity index (χ0v) is 17.0. The third-order valence-corrected chi connectivity index (χ3v) is 5.33. The van der Waals surface area contributed by atoms with Gasteiger partial charge >= 0.3 is 0 Å². The molecule has 1 N–H and O–H groups in total. The topological polar surface area (TPSA) is 84.3 Å². The summed E-state index contributed by atoms with van der Waals surface area (Å²) in [6, 6.07) is 5.70. The second-order valence-corrected chi connectivity index (χ2v) is 8.70. The van der Waals surface area contributed by atoms with E-state index in [0.717, 1.165) is 24.1 Å². The molecule has 1 aromatic carbocycles. The first-order valence-electron chi connectivity index (χ1n) is 9.04. The lowest BCUT2D eigenvalue weighted by Crippen LogP contribution is -2.32. The molecule has 2 aromatic rings. The van der Waals surface area contributed by atoms with Crippen molar-refractivity contribution in [3.63, 3.8) is 0 Å². The van der Waals surface area contributed by atoms with E-state index in [9.17, 15) is 13.2 Å². The highest BCUT2D eigenvalue weighted by atomic mass is 32.2. The summed E-state index contributed by atoms with van der Waals surface area (Å²) in [6.07, 6.45) is 8.13. The SMILES string of the molecule is Cc1cc(C)cc(N(CCCC(=O)NCCCn2ccnc2)S(C)(=O)=O)c1. The molecule has 148 valence electrons. The summed E-state index contributed by atoms with van der Waals surface area (Å²) in [5.41, 5.74) is 2.67. The Bertz CT molecular complexity index is 828. The Labute approximate surface area is 161 Å². The van der Waals surface area contributed by atoms with Gasteiger partial charge in [-0.2, -0.15) is 0 Å². The molecule has 7 nitrogen and oxygen atoms in total. The van der Waals surface area contributed by atoms with Gasteiger partial charge in [0.25, 0.3) is 0 Å². The summed E-state index contributed by atoms with van der Waals surface area (Å²) < 4.78 is 27.7. The Morgan fingerprint density at radius 3 is 2.48 bits per heavy atom. The molecule has 8 heteroatoms. The molecular weight excluding hydrogens is 364 g/mol. The lowest BCUT2D eigenvalue weighted by molar-refractivity contribution is -0.121. The summed E-state index contributed by atoms with van der Waals surface area (Å²) in [5.74, 6) is -0.0606. The summed E-state index contributed by atoms with van der Waals surface area (Å²) in [5, 5.41) is 2.87. The number of benzene rings is 1. The van der Waals surface area contributed by atoms with E-state index in [4.69, 9.17) is 0 Å². The molecule has 0 aliphatic carbocycles. The molecule has 0 aliphatic heterocycles. The summed E-state index contributed by atoms with van der Waals surface area (Å²) in [6.45, 7) is 5.55. The number of imidazole rings is 1. The first kappa shape index (κ1) is 21.0. The Morgan fingerprint density at radius 1 is 1.19 bits per heavy atom. The minimum Gasteiger partial charge on any atom is -0.356 e. The third kappa shape index (κ3) is 7.05. The molecular formula is C19H28N4O3S. The number of nitrogens with zero attached hydrogens (tertiary/aromatic N) is 3. The van der Waals surface area contributed by atoms with E-state index in [0.29, 0.717) is 25.1 Å². The fourth-order valence-electron chi connectivity index (χ4n) is 2.96. The van der Waals surface area contributed by atoms with Crippen LogP contribution < -0.4 is 9.62 Å². The first-order valence-corrected chi connectivity index (χ1v) is 10.9. The maximum Gasteiger partial charge on any atom is 0.232 e. The number of aryl methyl sites for hydroxylation is 3. The van der Waals surface area contributed by atoms with Crippen LogP contribution in [0.3, 0.4) is 0 Å². The second kappa shape index (κ2) is 9.55. The van der Waals surface area contributed by atoms with Crippen molar-refractivity contribution in [3.8, 4) is 0 Å².